The van der Waals surface area contributed by atoms with Gasteiger partial charge in [0, 0.05) is 31.1 Å². The van der Waals surface area contributed by atoms with Crippen molar-refractivity contribution in [3.05, 3.63) is 0 Å². The summed E-state index contributed by atoms with van der Waals surface area (Å²) in [4.78, 5) is 50.6. The summed E-state index contributed by atoms with van der Waals surface area (Å²) in [5.41, 5.74) is 0. The van der Waals surface area contributed by atoms with Crippen LogP contribution in [0.5, 0.6) is 0 Å². The van der Waals surface area contributed by atoms with Gasteiger partial charge in [-0.2, -0.15) is 0 Å². The van der Waals surface area contributed by atoms with Crippen LogP contribution < -0.4 is 29.4 Å². The van der Waals surface area contributed by atoms with Gasteiger partial charge in [-0.15, -0.1) is 0 Å². The molecule has 9 nitrogen and oxygen atoms in total. The molecule has 0 rings (SSSR count). The summed E-state index contributed by atoms with van der Waals surface area (Å²) in [5.74, 6) is 0. The van der Waals surface area contributed by atoms with Gasteiger partial charge in [-0.3, -0.25) is 0 Å². The molecule has 16 heavy (non-hydrogen) atoms. The number of hydrogen-bond donors (Lipinski definition) is 0. The molecule has 0 saturated carbocycles. The van der Waals surface area contributed by atoms with Gasteiger partial charge < -0.3 is 43.1 Å². The van der Waals surface area contributed by atoms with E-state index in [9.17, 15) is 12.6 Å². The molecular weight excluding hydrogens is 532 g/mol. The van der Waals surface area contributed by atoms with Crippen molar-refractivity contribution in [2.45, 2.75) is 0 Å². The van der Waals surface area contributed by atoms with Crippen LogP contribution in [-0.4, -0.2) is 0 Å². The average Bonchev–Trinajstić information content (AvgIpc) is 1.41. The molecule has 0 aliphatic rings. The van der Waals surface area contributed by atoms with Crippen LogP contribution in [0.1, 0.15) is 0 Å². The minimum atomic E-state index is -5.64. The standard InChI is InChI=1S/3FH2O3P.U/c3*1-5(2,3)4;/h3*(H2,2,3,4);/p-6. The summed E-state index contributed by atoms with van der Waals surface area (Å²) in [7, 11) is -16.9. The zero-order valence-electron chi connectivity index (χ0n) is 6.65. The molecule has 100 valence electrons. The maximum absolute atomic E-state index is 10.1. The van der Waals surface area contributed by atoms with Crippen molar-refractivity contribution < 1.29 is 86.8 Å². The molecule has 0 aliphatic carbocycles. The second-order valence-corrected chi connectivity index (χ2v) is 3.88. The van der Waals surface area contributed by atoms with Crippen molar-refractivity contribution in [1.82, 2.24) is 0 Å². The number of rotatable bonds is 0. The van der Waals surface area contributed by atoms with Gasteiger partial charge in [-0.25, -0.2) is 12.6 Å². The number of halogens is 3. The second-order valence-electron chi connectivity index (χ2n) is 1.29. The summed E-state index contributed by atoms with van der Waals surface area (Å²) in [6.45, 7) is 0. The largest absolute Gasteiger partial charge is 0.786 e. The zero-order chi connectivity index (χ0) is 13.5. The molecule has 0 atom stereocenters. The SMILES string of the molecule is O=P([O-])([O-])F.O=P([O-])([O-])F.O=P([O-])([O-])F.[U]. The van der Waals surface area contributed by atoms with Gasteiger partial charge in [0.15, 0.2) is 0 Å². The predicted molar refractivity (Wildman–Crippen MR) is 26.1 cm³/mol. The topological polar surface area (TPSA) is 190 Å². The maximum Gasteiger partial charge on any atom is 0.110 e. The van der Waals surface area contributed by atoms with Crippen molar-refractivity contribution in [3.8, 4) is 0 Å². The Morgan fingerprint density at radius 2 is 0.562 bits per heavy atom. The van der Waals surface area contributed by atoms with Crippen LogP contribution in [0.15, 0.2) is 0 Å². The Hall–Kier alpha value is 1.29. The minimum Gasteiger partial charge on any atom is -0.786 e. The molecule has 0 aliphatic heterocycles. The molecule has 0 aromatic carbocycles. The van der Waals surface area contributed by atoms with E-state index in [1.54, 1.807) is 0 Å². The monoisotopic (exact) mass is 532 g/mol. The van der Waals surface area contributed by atoms with Gasteiger partial charge in [0.2, 0.25) is 0 Å². The average molecular weight is 532 g/mol. The summed E-state index contributed by atoms with van der Waals surface area (Å²) < 4.78 is 55.7. The smallest absolute Gasteiger partial charge is 0.110 e. The van der Waals surface area contributed by atoms with Crippen LogP contribution in [0.3, 0.4) is 0 Å². The van der Waals surface area contributed by atoms with Crippen molar-refractivity contribution in [1.29, 1.82) is 0 Å². The van der Waals surface area contributed by atoms with E-state index in [4.69, 9.17) is 43.1 Å². The van der Waals surface area contributed by atoms with Crippen molar-refractivity contribution in [2.24, 2.45) is 0 Å². The zero-order valence-corrected chi connectivity index (χ0v) is 13.5. The van der Waals surface area contributed by atoms with E-state index in [-0.39, 0.29) is 31.1 Å². The van der Waals surface area contributed by atoms with Crippen molar-refractivity contribution in [3.63, 3.8) is 0 Å². The molecule has 16 heteroatoms. The van der Waals surface area contributed by atoms with Gasteiger partial charge in [0.25, 0.3) is 0 Å². The third-order valence-electron chi connectivity index (χ3n) is 0. The van der Waals surface area contributed by atoms with Crippen LogP contribution in [-0.2, 0) is 13.7 Å². The molecule has 0 unspecified atom stereocenters. The first kappa shape index (κ1) is 26.0. The molecule has 0 saturated heterocycles. The second kappa shape index (κ2) is 10.2. The fourth-order valence-corrected chi connectivity index (χ4v) is 0. The molecule has 0 amide bonds. The fourth-order valence-electron chi connectivity index (χ4n) is 0. The Kier molecular flexibility index (Phi) is 16.6. The third kappa shape index (κ3) is 1870. The van der Waals surface area contributed by atoms with Gasteiger partial charge in [0.1, 0.15) is 23.7 Å². The minimum absolute atomic E-state index is 0. The Morgan fingerprint density at radius 1 is 0.562 bits per heavy atom. The van der Waals surface area contributed by atoms with E-state index in [1.807, 2.05) is 0 Å². The maximum atomic E-state index is 10.1. The van der Waals surface area contributed by atoms with E-state index in [0.29, 0.717) is 0 Å². The fraction of sp³-hybridized carbons (Fsp3) is 0. The van der Waals surface area contributed by atoms with E-state index >= 15 is 0 Å². The normalized spacial score (nSPS) is 11.1. The first-order valence-electron chi connectivity index (χ1n) is 2.15. The molecular formula is F3O9P3U-6. The van der Waals surface area contributed by atoms with Crippen molar-refractivity contribution >= 4 is 23.7 Å². The van der Waals surface area contributed by atoms with E-state index in [1.165, 1.54) is 0 Å². The molecule has 0 aromatic rings. The molecule has 0 bridgehead atoms. The summed E-state index contributed by atoms with van der Waals surface area (Å²) in [6, 6.07) is 0. The van der Waals surface area contributed by atoms with E-state index in [2.05, 4.69) is 0 Å². The summed E-state index contributed by atoms with van der Waals surface area (Å²) in [5, 5.41) is 0. The Morgan fingerprint density at radius 3 is 0.562 bits per heavy atom. The van der Waals surface area contributed by atoms with Crippen LogP contribution in [0.4, 0.5) is 12.6 Å². The Labute approximate surface area is 110 Å². The van der Waals surface area contributed by atoms with Crippen molar-refractivity contribution in [2.75, 3.05) is 0 Å². The number of hydrogen-bond acceptors (Lipinski definition) is 9. The first-order chi connectivity index (χ1) is 6.00. The molecule has 0 N–H and O–H groups in total. The quantitative estimate of drug-likeness (QED) is 0.284. The first-order valence-corrected chi connectivity index (χ1v) is 6.45. The van der Waals surface area contributed by atoms with Gasteiger partial charge in [0.05, 0.1) is 0 Å². The molecule has 0 aromatic heterocycles. The van der Waals surface area contributed by atoms with Crippen LogP contribution in [0.25, 0.3) is 0 Å². The molecule has 0 heterocycles. The van der Waals surface area contributed by atoms with Crippen LogP contribution in [0, 0.1) is 31.1 Å². The summed E-state index contributed by atoms with van der Waals surface area (Å²) >= 11 is 0. The van der Waals surface area contributed by atoms with Crippen LogP contribution in [0.2, 0.25) is 0 Å². The molecule has 0 spiro atoms. The Bertz CT molecular complexity index is 212. The molecule has 0 fully saturated rings. The van der Waals surface area contributed by atoms with Gasteiger partial charge in [-0.1, -0.05) is 0 Å². The van der Waals surface area contributed by atoms with E-state index < -0.39 is 23.7 Å². The van der Waals surface area contributed by atoms with Gasteiger partial charge >= 0.3 is 0 Å². The van der Waals surface area contributed by atoms with Crippen LogP contribution >= 0.6 is 23.7 Å². The Balaban J connectivity index is -0.0000000655. The third-order valence-corrected chi connectivity index (χ3v) is 0. The summed E-state index contributed by atoms with van der Waals surface area (Å²) in [6.07, 6.45) is 0. The molecule has 0 radical (unpaired) electrons. The predicted octanol–water partition coefficient (Wildman–Crippen LogP) is -3.65. The van der Waals surface area contributed by atoms with E-state index in [0.717, 1.165) is 0 Å². The van der Waals surface area contributed by atoms with Gasteiger partial charge in [-0.05, 0) is 0 Å².